The van der Waals surface area contributed by atoms with Crippen molar-refractivity contribution in [1.82, 2.24) is 4.98 Å². The summed E-state index contributed by atoms with van der Waals surface area (Å²) in [7, 11) is 0. The van der Waals surface area contributed by atoms with Crippen molar-refractivity contribution in [3.8, 4) is 5.75 Å². The number of ether oxygens (including phenoxy) is 1. The summed E-state index contributed by atoms with van der Waals surface area (Å²) in [5.41, 5.74) is 1.66. The van der Waals surface area contributed by atoms with Crippen molar-refractivity contribution in [3.63, 3.8) is 0 Å². The van der Waals surface area contributed by atoms with E-state index in [1.807, 2.05) is 36.6 Å². The van der Waals surface area contributed by atoms with E-state index in [1.165, 1.54) is 11.3 Å². The van der Waals surface area contributed by atoms with Crippen LogP contribution in [0.5, 0.6) is 5.75 Å². The molecule has 1 aromatic carbocycles. The molecule has 1 N–H and O–H groups in total. The fourth-order valence-electron chi connectivity index (χ4n) is 2.90. The Kier molecular flexibility index (Phi) is 5.51. The number of thiazole rings is 1. The fraction of sp³-hybridized carbons (Fsp3) is 0.450. The monoisotopic (exact) mass is 387 g/mol. The molecule has 27 heavy (non-hydrogen) atoms. The number of carbonyl (C=O) groups excluding carboxylic acids is 2. The molecule has 6 nitrogen and oxygen atoms in total. The minimum absolute atomic E-state index is 0.0474. The standard InChI is InChI=1S/C20H25N3O3S/c1-5-26-15-8-6-14(7-9-15)23-11-13(10-17(23)24)18(25)22-19-21-16(12-27-19)20(2,3)4/h6-9,12-13H,5,10-11H2,1-4H3,(H,21,22,25). The van der Waals surface area contributed by atoms with Gasteiger partial charge in [-0.1, -0.05) is 20.8 Å². The predicted octanol–water partition coefficient (Wildman–Crippen LogP) is 3.83. The second-order valence-corrected chi connectivity index (χ2v) is 8.47. The minimum atomic E-state index is -0.383. The van der Waals surface area contributed by atoms with Crippen LogP contribution in [0.2, 0.25) is 0 Å². The SMILES string of the molecule is CCOc1ccc(N2CC(C(=O)Nc3nc(C(C)(C)C)cs3)CC2=O)cc1. The van der Waals surface area contributed by atoms with Gasteiger partial charge in [-0.05, 0) is 31.2 Å². The fourth-order valence-corrected chi connectivity index (χ4v) is 3.84. The molecule has 3 rings (SSSR count). The molecule has 1 unspecified atom stereocenters. The van der Waals surface area contributed by atoms with Crippen LogP contribution in [0.15, 0.2) is 29.6 Å². The highest BCUT2D eigenvalue weighted by molar-refractivity contribution is 7.13. The van der Waals surface area contributed by atoms with Gasteiger partial charge in [-0.2, -0.15) is 0 Å². The number of nitrogens with one attached hydrogen (secondary N) is 1. The van der Waals surface area contributed by atoms with E-state index in [4.69, 9.17) is 4.74 Å². The van der Waals surface area contributed by atoms with Crippen LogP contribution in [0.25, 0.3) is 0 Å². The normalized spacial score (nSPS) is 17.3. The second kappa shape index (κ2) is 7.68. The van der Waals surface area contributed by atoms with E-state index < -0.39 is 0 Å². The number of carbonyl (C=O) groups is 2. The topological polar surface area (TPSA) is 71.5 Å². The summed E-state index contributed by atoms with van der Waals surface area (Å²) in [6.45, 7) is 9.13. The Morgan fingerprint density at radius 2 is 2.04 bits per heavy atom. The van der Waals surface area contributed by atoms with Crippen molar-refractivity contribution in [2.24, 2.45) is 5.92 Å². The number of hydrogen-bond donors (Lipinski definition) is 1. The average molecular weight is 388 g/mol. The molecule has 0 spiro atoms. The summed E-state index contributed by atoms with van der Waals surface area (Å²) in [5, 5.41) is 5.40. The van der Waals surface area contributed by atoms with Gasteiger partial charge in [0.15, 0.2) is 5.13 Å². The van der Waals surface area contributed by atoms with Gasteiger partial charge in [0.05, 0.1) is 18.2 Å². The van der Waals surface area contributed by atoms with Gasteiger partial charge in [-0.25, -0.2) is 4.98 Å². The van der Waals surface area contributed by atoms with Gasteiger partial charge < -0.3 is 15.0 Å². The number of aromatic nitrogens is 1. The largest absolute Gasteiger partial charge is 0.494 e. The molecule has 1 fully saturated rings. The van der Waals surface area contributed by atoms with E-state index in [0.717, 1.165) is 17.1 Å². The van der Waals surface area contributed by atoms with Crippen molar-refractivity contribution >= 4 is 34.0 Å². The van der Waals surface area contributed by atoms with Crippen LogP contribution in [0.1, 0.15) is 39.8 Å². The third kappa shape index (κ3) is 4.47. The van der Waals surface area contributed by atoms with Gasteiger partial charge in [0.2, 0.25) is 11.8 Å². The molecule has 1 saturated heterocycles. The minimum Gasteiger partial charge on any atom is -0.494 e. The Morgan fingerprint density at radius 3 is 2.63 bits per heavy atom. The number of nitrogens with zero attached hydrogens (tertiary/aromatic N) is 2. The first-order chi connectivity index (χ1) is 12.8. The first kappa shape index (κ1) is 19.4. The number of amides is 2. The van der Waals surface area contributed by atoms with Gasteiger partial charge in [-0.3, -0.25) is 9.59 Å². The van der Waals surface area contributed by atoms with Gasteiger partial charge in [0.1, 0.15) is 5.75 Å². The Hall–Kier alpha value is -2.41. The molecule has 1 aromatic heterocycles. The van der Waals surface area contributed by atoms with E-state index in [-0.39, 0.29) is 29.6 Å². The molecule has 0 aliphatic carbocycles. The summed E-state index contributed by atoms with van der Waals surface area (Å²) >= 11 is 1.41. The molecule has 144 valence electrons. The lowest BCUT2D eigenvalue weighted by atomic mass is 9.93. The van der Waals surface area contributed by atoms with Crippen molar-refractivity contribution in [3.05, 3.63) is 35.3 Å². The van der Waals surface area contributed by atoms with Crippen LogP contribution in [0.3, 0.4) is 0 Å². The van der Waals surface area contributed by atoms with E-state index in [2.05, 4.69) is 31.1 Å². The van der Waals surface area contributed by atoms with Crippen LogP contribution in [-0.4, -0.2) is 29.9 Å². The Balaban J connectivity index is 1.64. The van der Waals surface area contributed by atoms with Crippen LogP contribution in [-0.2, 0) is 15.0 Å². The molecule has 1 atom stereocenters. The number of benzene rings is 1. The van der Waals surface area contributed by atoms with Gasteiger partial charge >= 0.3 is 0 Å². The molecule has 2 aromatic rings. The quantitative estimate of drug-likeness (QED) is 0.846. The highest BCUT2D eigenvalue weighted by Crippen LogP contribution is 2.29. The lowest BCUT2D eigenvalue weighted by molar-refractivity contribution is -0.122. The molecule has 0 radical (unpaired) electrons. The summed E-state index contributed by atoms with van der Waals surface area (Å²) in [6, 6.07) is 7.37. The van der Waals surface area contributed by atoms with Gasteiger partial charge in [0, 0.05) is 29.4 Å². The molecule has 2 amide bonds. The van der Waals surface area contributed by atoms with E-state index in [9.17, 15) is 9.59 Å². The van der Waals surface area contributed by atoms with Crippen LogP contribution in [0, 0.1) is 5.92 Å². The maximum atomic E-state index is 12.6. The zero-order valence-corrected chi connectivity index (χ0v) is 16.9. The summed E-state index contributed by atoms with van der Waals surface area (Å²) in [5.74, 6) is 0.173. The zero-order valence-electron chi connectivity index (χ0n) is 16.1. The first-order valence-corrected chi connectivity index (χ1v) is 9.96. The Labute approximate surface area is 163 Å². The van der Waals surface area contributed by atoms with Crippen LogP contribution < -0.4 is 15.0 Å². The van der Waals surface area contributed by atoms with Crippen LogP contribution in [0.4, 0.5) is 10.8 Å². The van der Waals surface area contributed by atoms with Crippen molar-refractivity contribution in [1.29, 1.82) is 0 Å². The number of anilines is 2. The highest BCUT2D eigenvalue weighted by Gasteiger charge is 2.35. The molecular formula is C20H25N3O3S. The third-order valence-corrected chi connectivity index (χ3v) is 5.22. The molecule has 2 heterocycles. The van der Waals surface area contributed by atoms with Crippen molar-refractivity contribution < 1.29 is 14.3 Å². The maximum Gasteiger partial charge on any atom is 0.231 e. The third-order valence-electron chi connectivity index (χ3n) is 4.46. The Morgan fingerprint density at radius 1 is 1.33 bits per heavy atom. The average Bonchev–Trinajstić information content (AvgIpc) is 3.22. The van der Waals surface area contributed by atoms with E-state index in [0.29, 0.717) is 18.3 Å². The maximum absolute atomic E-state index is 12.6. The van der Waals surface area contributed by atoms with Gasteiger partial charge in [-0.15, -0.1) is 11.3 Å². The zero-order chi connectivity index (χ0) is 19.6. The highest BCUT2D eigenvalue weighted by atomic mass is 32.1. The number of hydrogen-bond acceptors (Lipinski definition) is 5. The Bertz CT molecular complexity index is 824. The van der Waals surface area contributed by atoms with Crippen LogP contribution >= 0.6 is 11.3 Å². The second-order valence-electron chi connectivity index (χ2n) is 7.61. The molecule has 1 aliphatic heterocycles. The summed E-state index contributed by atoms with van der Waals surface area (Å²) in [6.07, 6.45) is 0.205. The van der Waals surface area contributed by atoms with E-state index in [1.54, 1.807) is 4.90 Å². The summed E-state index contributed by atoms with van der Waals surface area (Å²) < 4.78 is 5.43. The van der Waals surface area contributed by atoms with Crippen molar-refractivity contribution in [2.45, 2.75) is 39.5 Å². The first-order valence-electron chi connectivity index (χ1n) is 9.08. The molecule has 0 bridgehead atoms. The summed E-state index contributed by atoms with van der Waals surface area (Å²) in [4.78, 5) is 31.1. The van der Waals surface area contributed by atoms with Crippen molar-refractivity contribution in [2.75, 3.05) is 23.4 Å². The number of rotatable bonds is 5. The van der Waals surface area contributed by atoms with Gasteiger partial charge in [0.25, 0.3) is 0 Å². The molecule has 0 saturated carbocycles. The smallest absolute Gasteiger partial charge is 0.231 e. The lowest BCUT2D eigenvalue weighted by Crippen LogP contribution is -2.28. The predicted molar refractivity (Wildman–Crippen MR) is 108 cm³/mol. The molecular weight excluding hydrogens is 362 g/mol. The van der Waals surface area contributed by atoms with E-state index >= 15 is 0 Å². The molecule has 7 heteroatoms. The molecule has 1 aliphatic rings. The lowest BCUT2D eigenvalue weighted by Gasteiger charge is -2.17.